The minimum Gasteiger partial charge on any atom is -0.444 e. The van der Waals surface area contributed by atoms with Crippen LogP contribution < -0.4 is 16.6 Å². The lowest BCUT2D eigenvalue weighted by Crippen LogP contribution is -2.48. The van der Waals surface area contributed by atoms with Crippen molar-refractivity contribution in [3.63, 3.8) is 0 Å². The number of carbonyl (C=O) groups is 1. The van der Waals surface area contributed by atoms with Crippen LogP contribution in [0, 0.1) is 6.92 Å². The predicted molar refractivity (Wildman–Crippen MR) is 172 cm³/mol. The van der Waals surface area contributed by atoms with Gasteiger partial charge in [0.1, 0.15) is 5.60 Å². The number of ether oxygens (including phenoxy) is 1. The second kappa shape index (κ2) is 14.5. The first-order chi connectivity index (χ1) is 20.9. The van der Waals surface area contributed by atoms with Crippen LogP contribution in [-0.4, -0.2) is 60.7 Å². The topological polar surface area (TPSA) is 145 Å². The zero-order chi connectivity index (χ0) is 33.4. The van der Waals surface area contributed by atoms with Gasteiger partial charge in [-0.1, -0.05) is 30.1 Å². The number of aromatic amines is 1. The number of hydrogen-bond donors (Lipinski definition) is 2. The predicted octanol–water partition coefficient (Wildman–Crippen LogP) is 5.16. The normalized spacial score (nSPS) is 16.6. The van der Waals surface area contributed by atoms with E-state index in [0.29, 0.717) is 41.5 Å². The number of nitrogens with one attached hydrogen (secondary N) is 2. The van der Waals surface area contributed by atoms with Gasteiger partial charge < -0.3 is 20.5 Å². The third kappa shape index (κ3) is 8.51. The molecular weight excluding hydrogens is 672 g/mol. The number of alkyl carbamates (subject to hydrolysis) is 1. The number of carbonyl (C=O) groups excluding carboxylic acids is 1. The van der Waals surface area contributed by atoms with Crippen LogP contribution in [0.15, 0.2) is 32.7 Å². The molecule has 4 N–H and O–H groups in total. The fraction of sp³-hybridized carbons (Fsp3) is 0.500. The molecule has 0 bridgehead atoms. The molecule has 46 heavy (non-hydrogen) atoms. The molecule has 2 aromatic carbocycles. The van der Waals surface area contributed by atoms with Crippen molar-refractivity contribution in [3.05, 3.63) is 71.3 Å². The van der Waals surface area contributed by atoms with E-state index in [-0.39, 0.29) is 53.0 Å². The summed E-state index contributed by atoms with van der Waals surface area (Å²) in [5, 5.41) is 2.24. The maximum absolute atomic E-state index is 14.5. The summed E-state index contributed by atoms with van der Waals surface area (Å²) in [5.74, 6) is 0.264. The molecule has 16 heteroatoms. The Morgan fingerprint density at radius 3 is 2.43 bits per heavy atom. The van der Waals surface area contributed by atoms with Gasteiger partial charge in [-0.2, -0.15) is 13.2 Å². The van der Waals surface area contributed by atoms with Crippen molar-refractivity contribution < 1.29 is 32.4 Å². The van der Waals surface area contributed by atoms with E-state index in [1.807, 2.05) is 0 Å². The first-order valence-electron chi connectivity index (χ1n) is 14.3. The zero-order valence-electron chi connectivity index (χ0n) is 26.0. The number of rotatable bonds is 7. The van der Waals surface area contributed by atoms with Gasteiger partial charge in [0.25, 0.3) is 5.56 Å². The molecule has 2 atom stereocenters. The average molecular weight is 710 g/mol. The zero-order valence-corrected chi connectivity index (χ0v) is 28.3. The molecule has 1 saturated heterocycles. The highest BCUT2D eigenvalue weighted by molar-refractivity contribution is 7.85. The number of halogens is 5. The summed E-state index contributed by atoms with van der Waals surface area (Å²) in [7, 11) is -1.46. The summed E-state index contributed by atoms with van der Waals surface area (Å²) in [5.41, 5.74) is -3.29. The lowest BCUT2D eigenvalue weighted by atomic mass is 10.0. The maximum atomic E-state index is 14.5. The van der Waals surface area contributed by atoms with Crippen LogP contribution in [0.25, 0.3) is 10.9 Å². The second-order valence-electron chi connectivity index (χ2n) is 12.0. The summed E-state index contributed by atoms with van der Waals surface area (Å²) in [6.45, 7) is 8.65. The molecule has 1 aliphatic rings. The van der Waals surface area contributed by atoms with Crippen molar-refractivity contribution in [3.8, 4) is 0 Å². The van der Waals surface area contributed by atoms with Crippen molar-refractivity contribution in [2.45, 2.75) is 83.3 Å². The van der Waals surface area contributed by atoms with Gasteiger partial charge in [-0.25, -0.2) is 9.59 Å². The molecule has 1 aromatic heterocycles. The Labute approximate surface area is 276 Å². The smallest absolute Gasteiger partial charge is 0.416 e. The van der Waals surface area contributed by atoms with E-state index in [1.165, 1.54) is 6.07 Å². The Hall–Kier alpha value is -2.91. The fourth-order valence-electron chi connectivity index (χ4n) is 5.52. The van der Waals surface area contributed by atoms with Crippen molar-refractivity contribution in [2.75, 3.05) is 18.8 Å². The van der Waals surface area contributed by atoms with E-state index in [2.05, 4.69) is 10.3 Å². The van der Waals surface area contributed by atoms with E-state index in [9.17, 15) is 31.8 Å². The molecule has 4 rings (SSSR count). The van der Waals surface area contributed by atoms with Gasteiger partial charge >= 0.3 is 18.0 Å². The fourth-order valence-corrected chi connectivity index (χ4v) is 7.25. The summed E-state index contributed by atoms with van der Waals surface area (Å²) in [6, 6.07) is 3.43. The van der Waals surface area contributed by atoms with Gasteiger partial charge in [0, 0.05) is 34.8 Å². The number of fused-ring (bicyclic) bond motifs is 1. The molecule has 0 spiro atoms. The first-order valence-corrected chi connectivity index (χ1v) is 16.4. The van der Waals surface area contributed by atoms with E-state index in [0.717, 1.165) is 4.57 Å². The maximum Gasteiger partial charge on any atom is 0.416 e. The highest BCUT2D eigenvalue weighted by atomic mass is 35.5. The molecule has 10 nitrogen and oxygen atoms in total. The number of aryl methyl sites for hydroxylation is 1. The first kappa shape index (κ1) is 37.5. The minimum atomic E-state index is -4.88. The standard InChI is InChI=1S/C30H35Cl2F3N4O5S.H2O/c1-6-45(43)25-16(2)10-18(31)11-17(25)13-39-26(40)20-12-22(30(33,34)35)21(23(32)24(20)37-27(39)41)15-38-9-7-8-19(14-38)36-28(42)44-29(3,4)5;/h10-12,19H,6-9,13-15H2,1-5H3,(H,36,42)(H,37,41);1H2/t19-,45?;/m1./s1. The van der Waals surface area contributed by atoms with Crippen LogP contribution in [-0.2, 0) is 34.8 Å². The van der Waals surface area contributed by atoms with Crippen molar-refractivity contribution in [2.24, 2.45) is 0 Å². The molecule has 0 radical (unpaired) electrons. The largest absolute Gasteiger partial charge is 0.444 e. The summed E-state index contributed by atoms with van der Waals surface area (Å²) < 4.78 is 62.2. The van der Waals surface area contributed by atoms with Gasteiger partial charge in [0.15, 0.2) is 0 Å². The van der Waals surface area contributed by atoms with E-state index >= 15 is 0 Å². The quantitative estimate of drug-likeness (QED) is 0.347. The third-order valence-corrected chi connectivity index (χ3v) is 9.57. The van der Waals surface area contributed by atoms with Crippen LogP contribution in [0.2, 0.25) is 10.0 Å². The number of aromatic nitrogens is 2. The Morgan fingerprint density at radius 1 is 1.15 bits per heavy atom. The number of nitrogens with zero attached hydrogens (tertiary/aromatic N) is 2. The van der Waals surface area contributed by atoms with Gasteiger partial charge in [0.2, 0.25) is 0 Å². The SMILES string of the molecule is CCS(=O)c1c(C)cc(Cl)cc1Cn1c(=O)[nH]c2c(Cl)c(CN3CCC[C@@H](NC(=O)OC(C)(C)C)C3)c(C(F)(F)F)cc2c1=O.O. The minimum absolute atomic E-state index is 0. The number of alkyl halides is 3. The molecule has 1 amide bonds. The summed E-state index contributed by atoms with van der Waals surface area (Å²) in [4.78, 5) is 43.7. The molecule has 1 aliphatic heterocycles. The monoisotopic (exact) mass is 708 g/mol. The number of H-pyrrole nitrogens is 1. The number of likely N-dealkylation sites (tertiary alicyclic amines) is 1. The summed E-state index contributed by atoms with van der Waals surface area (Å²) in [6.07, 6.45) is -4.29. The molecular formula is C30H37Cl2F3N4O6S. The Morgan fingerprint density at radius 2 is 1.83 bits per heavy atom. The summed E-state index contributed by atoms with van der Waals surface area (Å²) >= 11 is 12.8. The van der Waals surface area contributed by atoms with Crippen LogP contribution in [0.5, 0.6) is 0 Å². The Kier molecular flexibility index (Phi) is 11.8. The van der Waals surface area contributed by atoms with Crippen molar-refractivity contribution >= 4 is 51.0 Å². The van der Waals surface area contributed by atoms with Gasteiger partial charge in [-0.3, -0.25) is 18.5 Å². The lowest BCUT2D eigenvalue weighted by Gasteiger charge is -2.34. The molecule has 0 saturated carbocycles. The van der Waals surface area contributed by atoms with Gasteiger partial charge in [-0.05, 0) is 82.0 Å². The molecule has 0 aliphatic carbocycles. The van der Waals surface area contributed by atoms with Crippen LogP contribution in [0.4, 0.5) is 18.0 Å². The Balaban J connectivity index is 0.00000576. The van der Waals surface area contributed by atoms with Crippen LogP contribution >= 0.6 is 23.2 Å². The molecule has 1 fully saturated rings. The van der Waals surface area contributed by atoms with Crippen molar-refractivity contribution in [1.82, 2.24) is 19.8 Å². The highest BCUT2D eigenvalue weighted by Gasteiger charge is 2.37. The highest BCUT2D eigenvalue weighted by Crippen LogP contribution is 2.39. The third-order valence-electron chi connectivity index (χ3n) is 7.37. The number of benzene rings is 2. The number of amides is 1. The van der Waals surface area contributed by atoms with E-state index < -0.39 is 55.9 Å². The number of piperidine rings is 1. The van der Waals surface area contributed by atoms with Crippen LogP contribution in [0.3, 0.4) is 0 Å². The van der Waals surface area contributed by atoms with Gasteiger partial charge in [-0.15, -0.1) is 0 Å². The molecule has 1 unspecified atom stereocenters. The van der Waals surface area contributed by atoms with Crippen molar-refractivity contribution in [1.29, 1.82) is 0 Å². The van der Waals surface area contributed by atoms with E-state index in [1.54, 1.807) is 45.6 Å². The Bertz CT molecular complexity index is 1770. The van der Waals surface area contributed by atoms with E-state index in [4.69, 9.17) is 27.9 Å². The molecule has 254 valence electrons. The lowest BCUT2D eigenvalue weighted by molar-refractivity contribution is -0.138. The average Bonchev–Trinajstić information content (AvgIpc) is 2.90. The van der Waals surface area contributed by atoms with Gasteiger partial charge in [0.05, 0.1) is 38.8 Å². The van der Waals surface area contributed by atoms with Crippen LogP contribution in [0.1, 0.15) is 62.8 Å². The number of hydrogen-bond acceptors (Lipinski definition) is 6. The molecule has 2 heterocycles. The second-order valence-corrected chi connectivity index (χ2v) is 14.5. The molecule has 3 aromatic rings.